The summed E-state index contributed by atoms with van der Waals surface area (Å²) >= 11 is 6.20. The molecule has 0 aliphatic rings. The average Bonchev–Trinajstić information content (AvgIpc) is 3.35. The lowest BCUT2D eigenvalue weighted by Gasteiger charge is -2.18. The third kappa shape index (κ3) is 3.86. The molecule has 0 aliphatic heterocycles. The summed E-state index contributed by atoms with van der Waals surface area (Å²) in [6, 6.07) is 13.0. The number of amides is 1. The van der Waals surface area contributed by atoms with Crippen molar-refractivity contribution in [1.82, 2.24) is 24.5 Å². The van der Waals surface area contributed by atoms with Crippen LogP contribution in [0.2, 0.25) is 5.02 Å². The van der Waals surface area contributed by atoms with Crippen LogP contribution in [-0.4, -0.2) is 36.9 Å². The number of imidazole rings is 1. The highest BCUT2D eigenvalue weighted by Gasteiger charge is 2.22. The van der Waals surface area contributed by atoms with Crippen molar-refractivity contribution in [3.63, 3.8) is 0 Å². The summed E-state index contributed by atoms with van der Waals surface area (Å²) < 4.78 is 7.67. The Kier molecular flexibility index (Phi) is 5.31. The minimum atomic E-state index is -0.174. The van der Waals surface area contributed by atoms with E-state index in [1.54, 1.807) is 17.2 Å². The molecule has 4 rings (SSSR count). The smallest absolute Gasteiger partial charge is 0.274 e. The van der Waals surface area contributed by atoms with Crippen LogP contribution in [0.5, 0.6) is 0 Å². The molecule has 0 aliphatic carbocycles. The molecule has 0 unspecified atom stereocenters. The summed E-state index contributed by atoms with van der Waals surface area (Å²) in [5, 5.41) is 8.71. The molecule has 0 N–H and O–H groups in total. The molecule has 8 heteroatoms. The van der Waals surface area contributed by atoms with Crippen LogP contribution in [0.1, 0.15) is 35.4 Å². The van der Waals surface area contributed by atoms with E-state index in [4.69, 9.17) is 16.0 Å². The Morgan fingerprint density at radius 1 is 1.17 bits per heavy atom. The van der Waals surface area contributed by atoms with Gasteiger partial charge in [0.2, 0.25) is 11.8 Å². The first kappa shape index (κ1) is 19.1. The molecule has 0 bridgehead atoms. The van der Waals surface area contributed by atoms with E-state index < -0.39 is 0 Å². The molecule has 29 heavy (non-hydrogen) atoms. The predicted molar refractivity (Wildman–Crippen MR) is 110 cm³/mol. The number of halogens is 1. The molecule has 0 fully saturated rings. The fraction of sp³-hybridized carbons (Fsp3) is 0.238. The molecule has 148 valence electrons. The highest BCUT2D eigenvalue weighted by Crippen LogP contribution is 2.26. The molecule has 0 saturated heterocycles. The number of carbonyl (C=O) groups excluding carboxylic acids is 1. The monoisotopic (exact) mass is 409 g/mol. The molecular formula is C21H20ClN5O2. The number of carbonyl (C=O) groups is 1. The number of pyridine rings is 1. The van der Waals surface area contributed by atoms with Crippen LogP contribution >= 0.6 is 11.6 Å². The number of hydrogen-bond acceptors (Lipinski definition) is 5. The highest BCUT2D eigenvalue weighted by atomic mass is 35.5. The van der Waals surface area contributed by atoms with E-state index in [9.17, 15) is 4.79 Å². The first-order chi connectivity index (χ1) is 14.1. The molecule has 4 aromatic rings. The van der Waals surface area contributed by atoms with Crippen molar-refractivity contribution in [1.29, 1.82) is 0 Å². The van der Waals surface area contributed by atoms with Crippen molar-refractivity contribution >= 4 is 23.2 Å². The van der Waals surface area contributed by atoms with Crippen molar-refractivity contribution in [3.05, 3.63) is 71.0 Å². The Balaban J connectivity index is 1.58. The summed E-state index contributed by atoms with van der Waals surface area (Å²) in [6.45, 7) is 4.74. The first-order valence-electron chi connectivity index (χ1n) is 9.38. The molecule has 3 heterocycles. The second-order valence-corrected chi connectivity index (χ2v) is 7.14. The van der Waals surface area contributed by atoms with Gasteiger partial charge in [0, 0.05) is 18.4 Å². The van der Waals surface area contributed by atoms with E-state index in [1.165, 1.54) is 0 Å². The van der Waals surface area contributed by atoms with Crippen molar-refractivity contribution in [2.75, 3.05) is 6.54 Å². The third-order valence-corrected chi connectivity index (χ3v) is 4.92. The number of nitrogens with zero attached hydrogens (tertiary/aromatic N) is 5. The number of aryl methyl sites for hydroxylation is 1. The average molecular weight is 410 g/mol. The topological polar surface area (TPSA) is 76.5 Å². The molecule has 0 spiro atoms. The first-order valence-corrected chi connectivity index (χ1v) is 9.76. The van der Waals surface area contributed by atoms with E-state index >= 15 is 0 Å². The van der Waals surface area contributed by atoms with Gasteiger partial charge < -0.3 is 13.7 Å². The van der Waals surface area contributed by atoms with Gasteiger partial charge >= 0.3 is 0 Å². The zero-order valence-corrected chi connectivity index (χ0v) is 16.9. The van der Waals surface area contributed by atoms with Gasteiger partial charge in [0.15, 0.2) is 0 Å². The molecule has 3 aromatic heterocycles. The van der Waals surface area contributed by atoms with Gasteiger partial charge in [-0.05, 0) is 37.6 Å². The van der Waals surface area contributed by atoms with Crippen molar-refractivity contribution < 1.29 is 9.21 Å². The Hall–Kier alpha value is -3.19. The van der Waals surface area contributed by atoms with Gasteiger partial charge in [0.1, 0.15) is 11.3 Å². The van der Waals surface area contributed by atoms with Gasteiger partial charge in [0.05, 0.1) is 17.1 Å². The highest BCUT2D eigenvalue weighted by molar-refractivity contribution is 6.33. The van der Waals surface area contributed by atoms with Crippen molar-refractivity contribution in [2.24, 2.45) is 0 Å². The lowest BCUT2D eigenvalue weighted by Crippen LogP contribution is -2.31. The van der Waals surface area contributed by atoms with E-state index in [0.29, 0.717) is 34.6 Å². The van der Waals surface area contributed by atoms with Gasteiger partial charge in [-0.15, -0.1) is 10.2 Å². The van der Waals surface area contributed by atoms with Crippen molar-refractivity contribution in [3.8, 4) is 11.5 Å². The summed E-state index contributed by atoms with van der Waals surface area (Å²) in [7, 11) is 0. The Labute approximate surface area is 172 Å². The summed E-state index contributed by atoms with van der Waals surface area (Å²) in [6.07, 6.45) is 2.56. The minimum absolute atomic E-state index is 0.174. The number of rotatable bonds is 6. The molecule has 1 aromatic carbocycles. The zero-order chi connectivity index (χ0) is 20.4. The second-order valence-electron chi connectivity index (χ2n) is 6.73. The maximum Gasteiger partial charge on any atom is 0.274 e. The number of fused-ring (bicyclic) bond motifs is 1. The van der Waals surface area contributed by atoms with Crippen LogP contribution in [-0.2, 0) is 6.54 Å². The molecule has 0 atom stereocenters. The number of hydrogen-bond donors (Lipinski definition) is 0. The SMILES string of the molecule is CCCN(Cc1nnc(-c2ccccc2Cl)o1)C(=O)c1cn2c(C)cccc2n1. The standard InChI is InChI=1S/C21H20ClN5O2/c1-3-11-26(21(28)17-12-27-14(2)7-6-10-18(27)23-17)13-19-24-25-20(29-19)15-8-4-5-9-16(15)22/h4-10,12H,3,11,13H2,1-2H3. The van der Waals surface area contributed by atoms with Crippen LogP contribution in [0.15, 0.2) is 53.1 Å². The quantitative estimate of drug-likeness (QED) is 0.471. The normalized spacial score (nSPS) is 11.1. The fourth-order valence-corrected chi connectivity index (χ4v) is 3.38. The van der Waals surface area contributed by atoms with Crippen molar-refractivity contribution in [2.45, 2.75) is 26.8 Å². The van der Waals surface area contributed by atoms with Crippen LogP contribution < -0.4 is 0 Å². The van der Waals surface area contributed by atoms with Crippen LogP contribution in [0.3, 0.4) is 0 Å². The third-order valence-electron chi connectivity index (χ3n) is 4.59. The fourth-order valence-electron chi connectivity index (χ4n) is 3.16. The molecular weight excluding hydrogens is 390 g/mol. The van der Waals surface area contributed by atoms with E-state index in [-0.39, 0.29) is 12.5 Å². The summed E-state index contributed by atoms with van der Waals surface area (Å²) in [5.74, 6) is 0.506. The van der Waals surface area contributed by atoms with E-state index in [2.05, 4.69) is 15.2 Å². The van der Waals surface area contributed by atoms with Gasteiger partial charge in [-0.25, -0.2) is 4.98 Å². The maximum absolute atomic E-state index is 13.1. The summed E-state index contributed by atoms with van der Waals surface area (Å²) in [4.78, 5) is 19.2. The largest absolute Gasteiger partial charge is 0.419 e. The lowest BCUT2D eigenvalue weighted by molar-refractivity contribution is 0.0723. The Bertz CT molecular complexity index is 1170. The van der Waals surface area contributed by atoms with Gasteiger partial charge in [-0.1, -0.05) is 36.7 Å². The van der Waals surface area contributed by atoms with E-state index in [0.717, 1.165) is 17.8 Å². The molecule has 0 saturated carbocycles. The summed E-state index contributed by atoms with van der Waals surface area (Å²) in [5.41, 5.74) is 2.80. The minimum Gasteiger partial charge on any atom is -0.419 e. The predicted octanol–water partition coefficient (Wildman–Crippen LogP) is 4.40. The second kappa shape index (κ2) is 8.05. The zero-order valence-electron chi connectivity index (χ0n) is 16.2. The van der Waals surface area contributed by atoms with Gasteiger partial charge in [-0.3, -0.25) is 4.79 Å². The lowest BCUT2D eigenvalue weighted by atomic mass is 10.2. The molecule has 1 amide bonds. The van der Waals surface area contributed by atoms with Gasteiger partial charge in [-0.2, -0.15) is 0 Å². The maximum atomic E-state index is 13.1. The van der Waals surface area contributed by atoms with Crippen LogP contribution in [0.4, 0.5) is 0 Å². The molecule has 7 nitrogen and oxygen atoms in total. The van der Waals surface area contributed by atoms with Crippen LogP contribution in [0, 0.1) is 6.92 Å². The Morgan fingerprint density at radius 2 is 2.00 bits per heavy atom. The molecule has 0 radical (unpaired) electrons. The number of benzene rings is 1. The van der Waals surface area contributed by atoms with Gasteiger partial charge in [0.25, 0.3) is 5.91 Å². The Morgan fingerprint density at radius 3 is 2.76 bits per heavy atom. The van der Waals surface area contributed by atoms with E-state index in [1.807, 2.05) is 54.6 Å². The van der Waals surface area contributed by atoms with Crippen LogP contribution in [0.25, 0.3) is 17.1 Å². The number of aromatic nitrogens is 4.